The average Bonchev–Trinajstić information content (AvgIpc) is 2.81. The van der Waals surface area contributed by atoms with Gasteiger partial charge in [-0.1, -0.05) is 6.92 Å². The SMILES string of the molecule is COc1ccc2sc(C(=O)NCC(C)CC(=O)O)c(C)c2c1. The number of aliphatic carboxylic acids is 1. The molecule has 0 spiro atoms. The number of hydrogen-bond acceptors (Lipinski definition) is 4. The highest BCUT2D eigenvalue weighted by atomic mass is 32.1. The van der Waals surface area contributed by atoms with Crippen molar-refractivity contribution in [2.24, 2.45) is 5.92 Å². The molecular weight excluding hydrogens is 302 g/mol. The van der Waals surface area contributed by atoms with E-state index in [9.17, 15) is 9.59 Å². The Kier molecular flexibility index (Phi) is 5.03. The van der Waals surface area contributed by atoms with Crippen LogP contribution in [0.5, 0.6) is 5.75 Å². The van der Waals surface area contributed by atoms with Gasteiger partial charge in [-0.25, -0.2) is 0 Å². The summed E-state index contributed by atoms with van der Waals surface area (Å²) in [7, 11) is 1.61. The second kappa shape index (κ2) is 6.79. The quantitative estimate of drug-likeness (QED) is 0.857. The van der Waals surface area contributed by atoms with Gasteiger partial charge < -0.3 is 15.2 Å². The second-order valence-corrected chi connectivity index (χ2v) is 6.38. The van der Waals surface area contributed by atoms with Crippen LogP contribution in [0.4, 0.5) is 0 Å². The number of rotatable bonds is 6. The third-order valence-corrected chi connectivity index (χ3v) is 4.76. The summed E-state index contributed by atoms with van der Waals surface area (Å²) in [6.07, 6.45) is 0.0445. The molecule has 1 amide bonds. The van der Waals surface area contributed by atoms with Gasteiger partial charge in [0.15, 0.2) is 0 Å². The Morgan fingerprint density at radius 2 is 2.14 bits per heavy atom. The molecular formula is C16H19NO4S. The molecule has 2 N–H and O–H groups in total. The normalized spacial score (nSPS) is 12.1. The number of benzene rings is 1. The van der Waals surface area contributed by atoms with Crippen molar-refractivity contribution < 1.29 is 19.4 Å². The molecule has 1 aromatic carbocycles. The van der Waals surface area contributed by atoms with Crippen molar-refractivity contribution in [3.05, 3.63) is 28.6 Å². The van der Waals surface area contributed by atoms with Crippen LogP contribution in [-0.4, -0.2) is 30.6 Å². The van der Waals surface area contributed by atoms with Gasteiger partial charge in [-0.2, -0.15) is 0 Å². The van der Waals surface area contributed by atoms with Crippen LogP contribution in [0, 0.1) is 12.8 Å². The van der Waals surface area contributed by atoms with Gasteiger partial charge in [0.05, 0.1) is 12.0 Å². The van der Waals surface area contributed by atoms with Crippen LogP contribution in [-0.2, 0) is 4.79 Å². The van der Waals surface area contributed by atoms with E-state index in [0.29, 0.717) is 11.4 Å². The van der Waals surface area contributed by atoms with Gasteiger partial charge in [0.2, 0.25) is 0 Å². The predicted octanol–water partition coefficient (Wildman–Crippen LogP) is 3.06. The molecule has 0 saturated carbocycles. The summed E-state index contributed by atoms with van der Waals surface area (Å²) >= 11 is 1.43. The van der Waals surface area contributed by atoms with Gasteiger partial charge >= 0.3 is 5.97 Å². The van der Waals surface area contributed by atoms with Crippen molar-refractivity contribution in [1.82, 2.24) is 5.32 Å². The summed E-state index contributed by atoms with van der Waals surface area (Å²) in [5, 5.41) is 12.6. The summed E-state index contributed by atoms with van der Waals surface area (Å²) in [5.74, 6) is -0.353. The lowest BCUT2D eigenvalue weighted by Gasteiger charge is -2.09. The van der Waals surface area contributed by atoms with Crippen LogP contribution in [0.2, 0.25) is 0 Å². The Morgan fingerprint density at radius 1 is 1.41 bits per heavy atom. The number of methoxy groups -OCH3 is 1. The number of hydrogen-bond donors (Lipinski definition) is 2. The molecule has 1 aromatic heterocycles. The van der Waals surface area contributed by atoms with Gasteiger partial charge in [-0.3, -0.25) is 9.59 Å². The Bertz CT molecular complexity index is 707. The van der Waals surface area contributed by atoms with Crippen LogP contribution in [0.1, 0.15) is 28.6 Å². The van der Waals surface area contributed by atoms with Gasteiger partial charge in [-0.05, 0) is 42.0 Å². The van der Waals surface area contributed by atoms with Crippen molar-refractivity contribution >= 4 is 33.3 Å². The van der Waals surface area contributed by atoms with Crippen molar-refractivity contribution in [2.45, 2.75) is 20.3 Å². The lowest BCUT2D eigenvalue weighted by molar-refractivity contribution is -0.137. The van der Waals surface area contributed by atoms with Crippen molar-refractivity contribution in [3.8, 4) is 5.75 Å². The first kappa shape index (κ1) is 16.3. The number of nitrogens with one attached hydrogen (secondary N) is 1. The second-order valence-electron chi connectivity index (χ2n) is 5.33. The minimum absolute atomic E-state index is 0.0445. The number of carboxylic acids is 1. The molecule has 5 nitrogen and oxygen atoms in total. The van der Waals surface area contributed by atoms with E-state index >= 15 is 0 Å². The minimum Gasteiger partial charge on any atom is -0.497 e. The number of carbonyl (C=O) groups excluding carboxylic acids is 1. The number of fused-ring (bicyclic) bond motifs is 1. The zero-order valence-electron chi connectivity index (χ0n) is 12.8. The van der Waals surface area contributed by atoms with Crippen LogP contribution in [0.3, 0.4) is 0 Å². The third-order valence-electron chi connectivity index (χ3n) is 3.48. The monoisotopic (exact) mass is 321 g/mol. The first-order chi connectivity index (χ1) is 10.4. The zero-order valence-corrected chi connectivity index (χ0v) is 13.6. The molecule has 118 valence electrons. The van der Waals surface area contributed by atoms with Crippen LogP contribution in [0.25, 0.3) is 10.1 Å². The highest BCUT2D eigenvalue weighted by molar-refractivity contribution is 7.21. The predicted molar refractivity (Wildman–Crippen MR) is 86.9 cm³/mol. The van der Waals surface area contributed by atoms with E-state index in [2.05, 4.69) is 5.32 Å². The molecule has 0 saturated heterocycles. The zero-order chi connectivity index (χ0) is 16.3. The molecule has 1 unspecified atom stereocenters. The lowest BCUT2D eigenvalue weighted by atomic mass is 10.1. The number of carboxylic acid groups (broad SMARTS) is 1. The number of ether oxygens (including phenoxy) is 1. The summed E-state index contributed by atoms with van der Waals surface area (Å²) < 4.78 is 6.24. The Morgan fingerprint density at radius 3 is 2.77 bits per heavy atom. The number of thiophene rings is 1. The van der Waals surface area contributed by atoms with Crippen LogP contribution >= 0.6 is 11.3 Å². The molecule has 2 aromatic rings. The Labute approximate surface area is 132 Å². The summed E-state index contributed by atoms with van der Waals surface area (Å²) in [6, 6.07) is 5.73. The molecule has 0 fully saturated rings. The molecule has 0 aliphatic carbocycles. The molecule has 0 bridgehead atoms. The highest BCUT2D eigenvalue weighted by Crippen LogP contribution is 2.33. The molecule has 0 radical (unpaired) electrons. The summed E-state index contributed by atoms with van der Waals surface area (Å²) in [5.41, 5.74) is 0.919. The fourth-order valence-electron chi connectivity index (χ4n) is 2.26. The molecule has 0 aliphatic rings. The maximum absolute atomic E-state index is 12.3. The largest absolute Gasteiger partial charge is 0.497 e. The van der Waals surface area contributed by atoms with Gasteiger partial charge in [0.25, 0.3) is 5.91 Å². The average molecular weight is 321 g/mol. The fraction of sp³-hybridized carbons (Fsp3) is 0.375. The first-order valence-electron chi connectivity index (χ1n) is 6.99. The molecule has 2 rings (SSSR count). The maximum atomic E-state index is 12.3. The van der Waals surface area contributed by atoms with E-state index in [1.165, 1.54) is 11.3 Å². The third kappa shape index (κ3) is 3.57. The Hall–Kier alpha value is -2.08. The van der Waals surface area contributed by atoms with E-state index in [0.717, 1.165) is 21.4 Å². The number of carbonyl (C=O) groups is 2. The van der Waals surface area contributed by atoms with Gasteiger partial charge in [0.1, 0.15) is 5.75 Å². The standard InChI is InChI=1S/C16H19NO4S/c1-9(6-14(18)19)8-17-16(20)15-10(2)12-7-11(21-3)4-5-13(12)22-15/h4-5,7,9H,6,8H2,1-3H3,(H,17,20)(H,18,19). The van der Waals surface area contributed by atoms with E-state index in [1.54, 1.807) is 14.0 Å². The fourth-order valence-corrected chi connectivity index (χ4v) is 3.37. The van der Waals surface area contributed by atoms with Crippen molar-refractivity contribution in [3.63, 3.8) is 0 Å². The highest BCUT2D eigenvalue weighted by Gasteiger charge is 2.17. The van der Waals surface area contributed by atoms with Crippen LogP contribution in [0.15, 0.2) is 18.2 Å². The number of amides is 1. The summed E-state index contributed by atoms with van der Waals surface area (Å²) in [4.78, 5) is 23.6. The first-order valence-corrected chi connectivity index (χ1v) is 7.81. The molecule has 1 heterocycles. The lowest BCUT2D eigenvalue weighted by Crippen LogP contribution is -2.29. The molecule has 1 atom stereocenters. The topological polar surface area (TPSA) is 75.6 Å². The summed E-state index contributed by atoms with van der Waals surface area (Å²) in [6.45, 7) is 4.06. The van der Waals surface area contributed by atoms with Crippen LogP contribution < -0.4 is 10.1 Å². The number of aryl methyl sites for hydroxylation is 1. The van der Waals surface area contributed by atoms with Gasteiger partial charge in [0, 0.05) is 17.7 Å². The van der Waals surface area contributed by atoms with E-state index in [1.807, 2.05) is 25.1 Å². The smallest absolute Gasteiger partial charge is 0.303 e. The van der Waals surface area contributed by atoms with Crippen molar-refractivity contribution in [1.29, 1.82) is 0 Å². The molecule has 6 heteroatoms. The van der Waals surface area contributed by atoms with E-state index in [4.69, 9.17) is 9.84 Å². The maximum Gasteiger partial charge on any atom is 0.303 e. The van der Waals surface area contributed by atoms with Gasteiger partial charge in [-0.15, -0.1) is 11.3 Å². The van der Waals surface area contributed by atoms with Crippen molar-refractivity contribution in [2.75, 3.05) is 13.7 Å². The minimum atomic E-state index is -0.855. The Balaban J connectivity index is 2.14. The van der Waals surface area contributed by atoms with E-state index in [-0.39, 0.29) is 18.2 Å². The van der Waals surface area contributed by atoms with E-state index < -0.39 is 5.97 Å². The molecule has 0 aliphatic heterocycles. The molecule has 22 heavy (non-hydrogen) atoms.